The standard InChI is InChI=1S/C12H18N4OS/c1-3-4-9(13)5-12-15-11(16-17-12)6-10-7-18-8(2)14-10/h7,9H,3-6,13H2,1-2H3. The summed E-state index contributed by atoms with van der Waals surface area (Å²) in [5, 5.41) is 7.03. The fourth-order valence-electron chi connectivity index (χ4n) is 1.79. The monoisotopic (exact) mass is 266 g/mol. The van der Waals surface area contributed by atoms with E-state index < -0.39 is 0 Å². The lowest BCUT2D eigenvalue weighted by Crippen LogP contribution is -2.22. The van der Waals surface area contributed by atoms with Gasteiger partial charge in [0.2, 0.25) is 5.89 Å². The van der Waals surface area contributed by atoms with Gasteiger partial charge in [0.25, 0.3) is 0 Å². The molecule has 18 heavy (non-hydrogen) atoms. The lowest BCUT2D eigenvalue weighted by atomic mass is 10.1. The van der Waals surface area contributed by atoms with E-state index in [4.69, 9.17) is 10.3 Å². The lowest BCUT2D eigenvalue weighted by molar-refractivity contribution is 0.361. The molecule has 5 nitrogen and oxygen atoms in total. The van der Waals surface area contributed by atoms with Crippen LogP contribution in [0.25, 0.3) is 0 Å². The molecule has 0 aliphatic carbocycles. The Morgan fingerprint density at radius 3 is 2.94 bits per heavy atom. The molecule has 1 unspecified atom stereocenters. The fourth-order valence-corrected chi connectivity index (χ4v) is 2.41. The Morgan fingerprint density at radius 1 is 1.44 bits per heavy atom. The van der Waals surface area contributed by atoms with Crippen molar-refractivity contribution in [3.63, 3.8) is 0 Å². The van der Waals surface area contributed by atoms with Gasteiger partial charge in [0.05, 0.1) is 17.1 Å². The van der Waals surface area contributed by atoms with Gasteiger partial charge in [-0.3, -0.25) is 0 Å². The molecule has 2 aromatic rings. The van der Waals surface area contributed by atoms with Crippen LogP contribution in [0.5, 0.6) is 0 Å². The number of nitrogens with two attached hydrogens (primary N) is 1. The summed E-state index contributed by atoms with van der Waals surface area (Å²) in [7, 11) is 0. The molecular formula is C12H18N4OS. The number of nitrogens with zero attached hydrogens (tertiary/aromatic N) is 3. The van der Waals surface area contributed by atoms with Crippen LogP contribution in [0.2, 0.25) is 0 Å². The third-order valence-electron chi connectivity index (χ3n) is 2.61. The van der Waals surface area contributed by atoms with E-state index in [1.165, 1.54) is 0 Å². The van der Waals surface area contributed by atoms with Crippen LogP contribution in [0, 0.1) is 6.92 Å². The molecule has 2 aromatic heterocycles. The van der Waals surface area contributed by atoms with E-state index in [9.17, 15) is 0 Å². The van der Waals surface area contributed by atoms with Crippen LogP contribution in [-0.4, -0.2) is 21.2 Å². The molecule has 0 fully saturated rings. The maximum Gasteiger partial charge on any atom is 0.228 e. The van der Waals surface area contributed by atoms with Crippen molar-refractivity contribution < 1.29 is 4.52 Å². The predicted octanol–water partition coefficient (Wildman–Crippen LogP) is 2.10. The summed E-state index contributed by atoms with van der Waals surface area (Å²) in [5.74, 6) is 1.30. The summed E-state index contributed by atoms with van der Waals surface area (Å²) in [6.07, 6.45) is 3.32. The molecule has 0 saturated heterocycles. The van der Waals surface area contributed by atoms with Crippen LogP contribution in [0.15, 0.2) is 9.90 Å². The Hall–Kier alpha value is -1.27. The second kappa shape index (κ2) is 6.06. The quantitative estimate of drug-likeness (QED) is 0.866. The Bertz CT molecular complexity index is 494. The number of aryl methyl sites for hydroxylation is 1. The molecular weight excluding hydrogens is 248 g/mol. The minimum atomic E-state index is 0.102. The highest BCUT2D eigenvalue weighted by Crippen LogP contribution is 2.12. The van der Waals surface area contributed by atoms with Gasteiger partial charge in [-0.15, -0.1) is 11.3 Å². The third-order valence-corrected chi connectivity index (χ3v) is 3.43. The van der Waals surface area contributed by atoms with E-state index in [0.29, 0.717) is 24.6 Å². The summed E-state index contributed by atoms with van der Waals surface area (Å²) < 4.78 is 5.20. The van der Waals surface area contributed by atoms with E-state index in [1.54, 1.807) is 11.3 Å². The van der Waals surface area contributed by atoms with Gasteiger partial charge in [-0.2, -0.15) is 4.98 Å². The highest BCUT2D eigenvalue weighted by Gasteiger charge is 2.11. The van der Waals surface area contributed by atoms with E-state index >= 15 is 0 Å². The second-order valence-electron chi connectivity index (χ2n) is 4.39. The van der Waals surface area contributed by atoms with E-state index in [2.05, 4.69) is 22.0 Å². The summed E-state index contributed by atoms with van der Waals surface area (Å²) in [6.45, 7) is 4.10. The van der Waals surface area contributed by atoms with Crippen molar-refractivity contribution in [2.75, 3.05) is 0 Å². The average Bonchev–Trinajstić information content (AvgIpc) is 2.89. The molecule has 0 saturated carbocycles. The lowest BCUT2D eigenvalue weighted by Gasteiger charge is -2.05. The molecule has 0 aliphatic rings. The first-order valence-corrected chi connectivity index (χ1v) is 7.03. The zero-order valence-corrected chi connectivity index (χ0v) is 11.5. The Morgan fingerprint density at radius 2 is 2.28 bits per heavy atom. The molecule has 0 amide bonds. The van der Waals surface area contributed by atoms with Crippen molar-refractivity contribution in [3.05, 3.63) is 27.8 Å². The highest BCUT2D eigenvalue weighted by atomic mass is 32.1. The van der Waals surface area contributed by atoms with Crippen molar-refractivity contribution in [1.82, 2.24) is 15.1 Å². The fraction of sp³-hybridized carbons (Fsp3) is 0.583. The molecule has 2 N–H and O–H groups in total. The van der Waals surface area contributed by atoms with Gasteiger partial charge in [-0.25, -0.2) is 4.98 Å². The maximum atomic E-state index is 5.94. The van der Waals surface area contributed by atoms with Gasteiger partial charge in [-0.05, 0) is 13.3 Å². The van der Waals surface area contributed by atoms with Gasteiger partial charge in [0, 0.05) is 17.8 Å². The molecule has 98 valence electrons. The number of hydrogen-bond acceptors (Lipinski definition) is 6. The predicted molar refractivity (Wildman–Crippen MR) is 70.5 cm³/mol. The van der Waals surface area contributed by atoms with Crippen molar-refractivity contribution >= 4 is 11.3 Å². The van der Waals surface area contributed by atoms with Crippen LogP contribution in [0.4, 0.5) is 0 Å². The molecule has 2 rings (SSSR count). The first-order chi connectivity index (χ1) is 8.67. The minimum absolute atomic E-state index is 0.102. The van der Waals surface area contributed by atoms with Gasteiger partial charge in [0.1, 0.15) is 0 Å². The number of aromatic nitrogens is 3. The minimum Gasteiger partial charge on any atom is -0.339 e. The summed E-state index contributed by atoms with van der Waals surface area (Å²) in [4.78, 5) is 8.72. The van der Waals surface area contributed by atoms with Gasteiger partial charge >= 0.3 is 0 Å². The normalized spacial score (nSPS) is 12.8. The van der Waals surface area contributed by atoms with Crippen LogP contribution in [0.3, 0.4) is 0 Å². The zero-order valence-electron chi connectivity index (χ0n) is 10.7. The maximum absolute atomic E-state index is 5.94. The average molecular weight is 266 g/mol. The third kappa shape index (κ3) is 3.61. The number of thiazole rings is 1. The van der Waals surface area contributed by atoms with Gasteiger partial charge in [-0.1, -0.05) is 18.5 Å². The van der Waals surface area contributed by atoms with Crippen LogP contribution in [-0.2, 0) is 12.8 Å². The largest absolute Gasteiger partial charge is 0.339 e. The van der Waals surface area contributed by atoms with Gasteiger partial charge in [0.15, 0.2) is 5.82 Å². The van der Waals surface area contributed by atoms with Crippen molar-refractivity contribution in [3.8, 4) is 0 Å². The first kappa shape index (κ1) is 13.2. The molecule has 2 heterocycles. The van der Waals surface area contributed by atoms with E-state index in [-0.39, 0.29) is 6.04 Å². The summed E-state index contributed by atoms with van der Waals surface area (Å²) >= 11 is 1.63. The zero-order chi connectivity index (χ0) is 13.0. The molecule has 0 aromatic carbocycles. The van der Waals surface area contributed by atoms with Crippen LogP contribution < -0.4 is 5.73 Å². The van der Waals surface area contributed by atoms with Crippen molar-refractivity contribution in [2.45, 2.75) is 45.6 Å². The Labute approximate surface area is 110 Å². The molecule has 0 spiro atoms. The first-order valence-electron chi connectivity index (χ1n) is 6.15. The van der Waals surface area contributed by atoms with E-state index in [1.807, 2.05) is 12.3 Å². The number of rotatable bonds is 6. The summed E-state index contributed by atoms with van der Waals surface area (Å²) in [5.41, 5.74) is 6.93. The Kier molecular flexibility index (Phi) is 4.43. The van der Waals surface area contributed by atoms with Crippen LogP contribution in [0.1, 0.15) is 42.2 Å². The Balaban J connectivity index is 1.93. The molecule has 0 aliphatic heterocycles. The number of hydrogen-bond donors (Lipinski definition) is 1. The van der Waals surface area contributed by atoms with Crippen molar-refractivity contribution in [2.24, 2.45) is 5.73 Å². The highest BCUT2D eigenvalue weighted by molar-refractivity contribution is 7.09. The SMILES string of the molecule is CCCC(N)Cc1nc(Cc2csc(C)n2)no1. The smallest absolute Gasteiger partial charge is 0.228 e. The van der Waals surface area contributed by atoms with Crippen molar-refractivity contribution in [1.29, 1.82) is 0 Å². The van der Waals surface area contributed by atoms with Crippen LogP contribution >= 0.6 is 11.3 Å². The molecule has 1 atom stereocenters. The summed E-state index contributed by atoms with van der Waals surface area (Å²) in [6, 6.07) is 0.102. The molecule has 0 bridgehead atoms. The van der Waals surface area contributed by atoms with Gasteiger partial charge < -0.3 is 10.3 Å². The van der Waals surface area contributed by atoms with E-state index in [0.717, 1.165) is 23.5 Å². The molecule has 0 radical (unpaired) electrons. The second-order valence-corrected chi connectivity index (χ2v) is 5.45. The molecule has 6 heteroatoms. The topological polar surface area (TPSA) is 77.8 Å².